The number of carbonyl (C=O) groups is 2. The normalized spacial score (nSPS) is 14.1. The number of anilines is 1. The minimum Gasteiger partial charge on any atom is -0.466 e. The Hall–Kier alpha value is -2.48. The molecule has 0 saturated carbocycles. The quantitative estimate of drug-likeness (QED) is 0.492. The maximum atomic E-state index is 12.4. The second-order valence-electron chi connectivity index (χ2n) is 6.53. The van der Waals surface area contributed by atoms with E-state index in [0.29, 0.717) is 31.1 Å². The Labute approximate surface area is 172 Å². The molecular weight excluding hydrogens is 424 g/mol. The molecule has 1 aromatic carbocycles. The topological polar surface area (TPSA) is 85.6 Å². The van der Waals surface area contributed by atoms with Crippen molar-refractivity contribution >= 4 is 39.8 Å². The lowest BCUT2D eigenvalue weighted by Crippen LogP contribution is -2.16. The second-order valence-corrected chi connectivity index (χ2v) is 7.44. The van der Waals surface area contributed by atoms with E-state index in [9.17, 15) is 9.59 Å². The number of imidazole rings is 1. The molecule has 1 atom stereocenters. The highest BCUT2D eigenvalue weighted by molar-refractivity contribution is 9.10. The van der Waals surface area contributed by atoms with Gasteiger partial charge in [-0.15, -0.1) is 0 Å². The maximum Gasteiger partial charge on any atom is 0.313 e. The molecule has 0 aliphatic carbocycles. The summed E-state index contributed by atoms with van der Waals surface area (Å²) >= 11 is 3.47. The first-order chi connectivity index (χ1) is 13.6. The fraction of sp³-hybridized carbons (Fsp3) is 0.400. The number of aromatic nitrogens is 2. The first kappa shape index (κ1) is 20.3. The summed E-state index contributed by atoms with van der Waals surface area (Å²) in [7, 11) is 0. The summed E-state index contributed by atoms with van der Waals surface area (Å²) in [5.41, 5.74) is 1.38. The molecule has 1 aromatic heterocycles. The van der Waals surface area contributed by atoms with E-state index in [4.69, 9.17) is 4.74 Å². The summed E-state index contributed by atoms with van der Waals surface area (Å²) in [4.78, 5) is 32.6. The van der Waals surface area contributed by atoms with Crippen LogP contribution in [0.1, 0.15) is 48.2 Å². The Morgan fingerprint density at radius 3 is 3.04 bits per heavy atom. The molecule has 1 unspecified atom stereocenters. The molecule has 148 valence electrons. The number of nitrogens with one attached hydrogen (secondary N) is 1. The largest absolute Gasteiger partial charge is 0.466 e. The Morgan fingerprint density at radius 2 is 2.25 bits per heavy atom. The Kier molecular flexibility index (Phi) is 6.97. The molecule has 7 nitrogen and oxygen atoms in total. The van der Waals surface area contributed by atoms with Crippen LogP contribution in [0.15, 0.2) is 40.1 Å². The zero-order valence-corrected chi connectivity index (χ0v) is 17.3. The lowest BCUT2D eigenvalue weighted by atomic mass is 9.93. The van der Waals surface area contributed by atoms with Crippen LogP contribution in [0.25, 0.3) is 0 Å². The van der Waals surface area contributed by atoms with Crippen LogP contribution >= 0.6 is 15.9 Å². The van der Waals surface area contributed by atoms with E-state index in [1.54, 1.807) is 6.33 Å². The second kappa shape index (κ2) is 9.64. The number of aliphatic imine (C=N–C) groups is 1. The Morgan fingerprint density at radius 1 is 1.39 bits per heavy atom. The molecule has 0 radical (unpaired) electrons. The van der Waals surface area contributed by atoms with Gasteiger partial charge in [-0.3, -0.25) is 14.6 Å². The number of ketones is 1. The predicted octanol–water partition coefficient (Wildman–Crippen LogP) is 3.80. The summed E-state index contributed by atoms with van der Waals surface area (Å²) in [5.74, 6) is 0.108. The average Bonchev–Trinajstić information content (AvgIpc) is 2.98. The van der Waals surface area contributed by atoms with Crippen molar-refractivity contribution in [1.82, 2.24) is 9.55 Å². The predicted molar refractivity (Wildman–Crippen MR) is 111 cm³/mol. The average molecular weight is 447 g/mol. The SMILES string of the molecule is CCOC(=O)C(CCCCn1cnc2c1NC=NCC2=O)c1cccc(Br)c1. The first-order valence-corrected chi connectivity index (χ1v) is 10.1. The van der Waals surface area contributed by atoms with Crippen LogP contribution in [0.3, 0.4) is 0 Å². The van der Waals surface area contributed by atoms with E-state index in [0.717, 1.165) is 22.9 Å². The van der Waals surface area contributed by atoms with Gasteiger partial charge in [-0.25, -0.2) is 4.98 Å². The van der Waals surface area contributed by atoms with Gasteiger partial charge in [0.15, 0.2) is 5.69 Å². The highest BCUT2D eigenvalue weighted by Gasteiger charge is 2.22. The number of nitrogens with zero attached hydrogens (tertiary/aromatic N) is 3. The van der Waals surface area contributed by atoms with Gasteiger partial charge in [-0.1, -0.05) is 34.5 Å². The lowest BCUT2D eigenvalue weighted by Gasteiger charge is -2.16. The van der Waals surface area contributed by atoms with Gasteiger partial charge in [0.05, 0.1) is 25.2 Å². The van der Waals surface area contributed by atoms with Crippen LogP contribution in [0.5, 0.6) is 0 Å². The number of aryl methyl sites for hydroxylation is 1. The Bertz CT molecular complexity index is 878. The van der Waals surface area contributed by atoms with Crippen LogP contribution in [0.4, 0.5) is 5.82 Å². The van der Waals surface area contributed by atoms with Crippen molar-refractivity contribution in [3.8, 4) is 0 Å². The molecule has 8 heteroatoms. The number of carbonyl (C=O) groups excluding carboxylic acids is 2. The number of benzene rings is 1. The summed E-state index contributed by atoms with van der Waals surface area (Å²) in [6.45, 7) is 3.00. The molecule has 28 heavy (non-hydrogen) atoms. The standard InChI is InChI=1S/C20H23BrN4O3/c1-2-28-20(27)16(14-6-5-7-15(21)10-14)8-3-4-9-25-13-24-18-17(26)11-22-12-23-19(18)25/h5-7,10,12-13,16H,2-4,8-9,11H2,1H3,(H,22,23). The third-order valence-electron chi connectivity index (χ3n) is 4.59. The lowest BCUT2D eigenvalue weighted by molar-refractivity contribution is -0.145. The van der Waals surface area contributed by atoms with Crippen molar-refractivity contribution in [2.45, 2.75) is 38.6 Å². The van der Waals surface area contributed by atoms with Crippen molar-refractivity contribution in [2.75, 3.05) is 18.5 Å². The number of hydrogen-bond acceptors (Lipinski definition) is 6. The molecule has 0 fully saturated rings. The highest BCUT2D eigenvalue weighted by atomic mass is 79.9. The third kappa shape index (κ3) is 4.86. The van der Waals surface area contributed by atoms with E-state index in [1.165, 1.54) is 6.34 Å². The number of ether oxygens (including phenoxy) is 1. The van der Waals surface area contributed by atoms with E-state index >= 15 is 0 Å². The van der Waals surface area contributed by atoms with Gasteiger partial charge in [-0.2, -0.15) is 0 Å². The van der Waals surface area contributed by atoms with Crippen molar-refractivity contribution < 1.29 is 14.3 Å². The third-order valence-corrected chi connectivity index (χ3v) is 5.09. The molecular formula is C20H23BrN4O3. The Balaban J connectivity index is 1.61. The van der Waals surface area contributed by atoms with Gasteiger partial charge in [0.1, 0.15) is 12.4 Å². The van der Waals surface area contributed by atoms with Crippen molar-refractivity contribution in [1.29, 1.82) is 0 Å². The zero-order valence-electron chi connectivity index (χ0n) is 15.7. The number of Topliss-reactive ketones (excluding diaryl/α,β-unsaturated/α-hetero) is 1. The van der Waals surface area contributed by atoms with E-state index in [2.05, 4.69) is 31.2 Å². The van der Waals surface area contributed by atoms with Gasteiger partial charge in [0.25, 0.3) is 0 Å². The zero-order chi connectivity index (χ0) is 19.9. The molecule has 0 bridgehead atoms. The number of rotatable bonds is 8. The number of unbranched alkanes of at least 4 members (excludes halogenated alkanes) is 1. The fourth-order valence-electron chi connectivity index (χ4n) is 3.23. The summed E-state index contributed by atoms with van der Waals surface area (Å²) < 4.78 is 8.13. The molecule has 1 N–H and O–H groups in total. The number of fused-ring (bicyclic) bond motifs is 1. The number of halogens is 1. The molecule has 3 rings (SSSR count). The van der Waals surface area contributed by atoms with Crippen LogP contribution < -0.4 is 5.32 Å². The molecule has 1 aliphatic heterocycles. The molecule has 2 aromatic rings. The van der Waals surface area contributed by atoms with Gasteiger partial charge in [0.2, 0.25) is 5.78 Å². The number of esters is 1. The van der Waals surface area contributed by atoms with E-state index in [1.807, 2.05) is 35.8 Å². The summed E-state index contributed by atoms with van der Waals surface area (Å²) in [5, 5.41) is 3.03. The number of hydrogen-bond donors (Lipinski definition) is 1. The van der Waals surface area contributed by atoms with Crippen LogP contribution in [0.2, 0.25) is 0 Å². The van der Waals surface area contributed by atoms with Crippen LogP contribution in [0, 0.1) is 0 Å². The molecule has 0 amide bonds. The van der Waals surface area contributed by atoms with Crippen molar-refractivity contribution in [3.05, 3.63) is 46.3 Å². The van der Waals surface area contributed by atoms with E-state index < -0.39 is 0 Å². The fourth-order valence-corrected chi connectivity index (χ4v) is 3.65. The minimum atomic E-state index is -0.288. The maximum absolute atomic E-state index is 12.4. The summed E-state index contributed by atoms with van der Waals surface area (Å²) in [6.07, 6.45) is 5.59. The van der Waals surface area contributed by atoms with Gasteiger partial charge in [0, 0.05) is 11.0 Å². The van der Waals surface area contributed by atoms with Crippen molar-refractivity contribution in [2.24, 2.45) is 4.99 Å². The van der Waals surface area contributed by atoms with Gasteiger partial charge < -0.3 is 14.6 Å². The molecule has 1 aliphatic rings. The highest BCUT2D eigenvalue weighted by Crippen LogP contribution is 2.27. The van der Waals surface area contributed by atoms with Crippen LogP contribution in [-0.2, 0) is 16.1 Å². The van der Waals surface area contributed by atoms with Gasteiger partial charge in [-0.05, 0) is 37.5 Å². The van der Waals surface area contributed by atoms with Crippen molar-refractivity contribution in [3.63, 3.8) is 0 Å². The van der Waals surface area contributed by atoms with Gasteiger partial charge >= 0.3 is 5.97 Å². The first-order valence-electron chi connectivity index (χ1n) is 9.35. The molecule has 0 saturated heterocycles. The van der Waals surface area contributed by atoms with E-state index in [-0.39, 0.29) is 24.2 Å². The minimum absolute atomic E-state index is 0.0907. The van der Waals surface area contributed by atoms with Crippen LogP contribution in [-0.4, -0.2) is 40.8 Å². The molecule has 2 heterocycles. The smallest absolute Gasteiger partial charge is 0.313 e. The monoisotopic (exact) mass is 446 g/mol. The summed E-state index contributed by atoms with van der Waals surface area (Å²) in [6, 6.07) is 7.79. The molecule has 0 spiro atoms.